The number of benzene rings is 2. The lowest BCUT2D eigenvalue weighted by molar-refractivity contribution is -0.133. The molecule has 1 fully saturated rings. The van der Waals surface area contributed by atoms with Crippen LogP contribution >= 0.6 is 11.6 Å². The number of nitrogens with one attached hydrogen (secondary N) is 1. The molecule has 1 saturated carbocycles. The van der Waals surface area contributed by atoms with Gasteiger partial charge in [0.2, 0.25) is 5.91 Å². The Morgan fingerprint density at radius 2 is 1.77 bits per heavy atom. The monoisotopic (exact) mass is 424 g/mol. The molecular weight excluding hydrogens is 396 g/mol. The van der Waals surface area contributed by atoms with E-state index in [1.54, 1.807) is 4.90 Å². The number of rotatable bonds is 4. The fraction of sp³-hybridized carbons (Fsp3) is 0.440. The summed E-state index contributed by atoms with van der Waals surface area (Å²) in [6.45, 7) is 4.54. The summed E-state index contributed by atoms with van der Waals surface area (Å²) < 4.78 is 0. The maximum Gasteiger partial charge on any atom is 0.255 e. The first-order chi connectivity index (χ1) is 14.4. The predicted octanol–water partition coefficient (Wildman–Crippen LogP) is 4.99. The Bertz CT molecular complexity index is 934. The van der Waals surface area contributed by atoms with Crippen LogP contribution in [0.25, 0.3) is 0 Å². The molecule has 0 bridgehead atoms. The van der Waals surface area contributed by atoms with Crippen molar-refractivity contribution in [3.05, 3.63) is 70.2 Å². The van der Waals surface area contributed by atoms with Gasteiger partial charge in [0.15, 0.2) is 0 Å². The van der Waals surface area contributed by atoms with E-state index in [0.717, 1.165) is 42.7 Å². The van der Waals surface area contributed by atoms with Crippen molar-refractivity contribution in [1.82, 2.24) is 10.2 Å². The second-order valence-electron chi connectivity index (χ2n) is 9.06. The van der Waals surface area contributed by atoms with Crippen molar-refractivity contribution in [3.8, 4) is 0 Å². The molecule has 0 unspecified atom stereocenters. The van der Waals surface area contributed by atoms with Crippen LogP contribution < -0.4 is 5.32 Å². The molecule has 2 amide bonds. The van der Waals surface area contributed by atoms with E-state index in [-0.39, 0.29) is 17.9 Å². The molecule has 30 heavy (non-hydrogen) atoms. The zero-order valence-electron chi connectivity index (χ0n) is 17.7. The molecule has 0 saturated heterocycles. The minimum absolute atomic E-state index is 0.0566. The molecule has 1 atom stereocenters. The van der Waals surface area contributed by atoms with Gasteiger partial charge in [0.1, 0.15) is 5.54 Å². The van der Waals surface area contributed by atoms with E-state index in [0.29, 0.717) is 23.6 Å². The van der Waals surface area contributed by atoms with Crippen molar-refractivity contribution in [2.45, 2.75) is 64.1 Å². The molecule has 1 N–H and O–H groups in total. The van der Waals surface area contributed by atoms with Crippen molar-refractivity contribution in [2.24, 2.45) is 5.92 Å². The lowest BCUT2D eigenvalue weighted by Crippen LogP contribution is -2.63. The average molecular weight is 425 g/mol. The van der Waals surface area contributed by atoms with Crippen LogP contribution in [0.15, 0.2) is 48.5 Å². The molecule has 2 aliphatic rings. The van der Waals surface area contributed by atoms with Crippen LogP contribution in [0.3, 0.4) is 0 Å². The van der Waals surface area contributed by atoms with Crippen LogP contribution in [-0.2, 0) is 17.8 Å². The summed E-state index contributed by atoms with van der Waals surface area (Å²) >= 11 is 6.03. The van der Waals surface area contributed by atoms with Crippen LogP contribution in [-0.4, -0.2) is 28.3 Å². The highest BCUT2D eigenvalue weighted by Gasteiger charge is 2.47. The zero-order valence-corrected chi connectivity index (χ0v) is 18.4. The summed E-state index contributed by atoms with van der Waals surface area (Å²) in [5.74, 6) is 0.568. The van der Waals surface area contributed by atoms with Crippen molar-refractivity contribution < 1.29 is 9.59 Å². The van der Waals surface area contributed by atoms with E-state index >= 15 is 0 Å². The van der Waals surface area contributed by atoms with Gasteiger partial charge in [-0.3, -0.25) is 9.59 Å². The fourth-order valence-electron chi connectivity index (χ4n) is 4.69. The topological polar surface area (TPSA) is 49.4 Å². The van der Waals surface area contributed by atoms with Gasteiger partial charge >= 0.3 is 0 Å². The molecule has 2 aromatic rings. The van der Waals surface area contributed by atoms with Crippen LogP contribution in [0, 0.1) is 5.92 Å². The molecule has 1 heterocycles. The number of carbonyl (C=O) groups is 2. The fourth-order valence-corrected chi connectivity index (χ4v) is 4.81. The summed E-state index contributed by atoms with van der Waals surface area (Å²) in [5.41, 5.74) is 1.64. The number of fused-ring (bicyclic) bond motifs is 1. The van der Waals surface area contributed by atoms with Gasteiger partial charge < -0.3 is 10.2 Å². The molecule has 4 nitrogen and oxygen atoms in total. The van der Waals surface area contributed by atoms with E-state index in [9.17, 15) is 9.59 Å². The first-order valence-corrected chi connectivity index (χ1v) is 11.2. The molecular formula is C25H29ClN2O2. The largest absolute Gasteiger partial charge is 0.351 e. The molecule has 2 aromatic carbocycles. The Labute approximate surface area is 183 Å². The third-order valence-electron chi connectivity index (χ3n) is 6.72. The van der Waals surface area contributed by atoms with Crippen molar-refractivity contribution >= 4 is 23.4 Å². The van der Waals surface area contributed by atoms with Gasteiger partial charge in [-0.2, -0.15) is 0 Å². The van der Waals surface area contributed by atoms with Gasteiger partial charge in [0, 0.05) is 29.6 Å². The Hall–Kier alpha value is -2.33. The highest BCUT2D eigenvalue weighted by molar-refractivity contribution is 6.30. The van der Waals surface area contributed by atoms with Gasteiger partial charge in [0.25, 0.3) is 5.91 Å². The van der Waals surface area contributed by atoms with E-state index < -0.39 is 5.54 Å². The lowest BCUT2D eigenvalue weighted by Gasteiger charge is -2.45. The van der Waals surface area contributed by atoms with Crippen LogP contribution in [0.2, 0.25) is 5.02 Å². The summed E-state index contributed by atoms with van der Waals surface area (Å²) in [5, 5.41) is 3.93. The maximum atomic E-state index is 13.6. The second kappa shape index (κ2) is 8.43. The van der Waals surface area contributed by atoms with E-state index in [1.807, 2.05) is 55.5 Å². The minimum atomic E-state index is -0.936. The minimum Gasteiger partial charge on any atom is -0.351 e. The second-order valence-corrected chi connectivity index (χ2v) is 9.49. The number of amides is 2. The highest BCUT2D eigenvalue weighted by atomic mass is 35.5. The Morgan fingerprint density at radius 1 is 1.10 bits per heavy atom. The van der Waals surface area contributed by atoms with Gasteiger partial charge in [-0.25, -0.2) is 0 Å². The summed E-state index contributed by atoms with van der Waals surface area (Å²) in [4.78, 5) is 28.8. The number of hydrogen-bond acceptors (Lipinski definition) is 2. The van der Waals surface area contributed by atoms with Crippen LogP contribution in [0.1, 0.15) is 61.0 Å². The molecule has 1 aliphatic heterocycles. The first-order valence-electron chi connectivity index (χ1n) is 10.8. The number of nitrogens with zero attached hydrogens (tertiary/aromatic N) is 1. The number of carbonyl (C=O) groups excluding carboxylic acids is 2. The molecule has 0 spiro atoms. The Kier molecular flexibility index (Phi) is 5.88. The third kappa shape index (κ3) is 4.11. The standard InChI is InChI=1S/C25H29ClN2O2/c1-17-7-13-21(14-8-17)27-24(30)25(2)15-19-5-3-4-6-22(19)23(29)28(25)16-18-9-11-20(26)12-10-18/h3-6,9-12,17,21H,7-8,13-16H2,1-2H3,(H,27,30)/t17?,21?,25-/m1/s1. The Morgan fingerprint density at radius 3 is 2.47 bits per heavy atom. The lowest BCUT2D eigenvalue weighted by atomic mass is 9.81. The van der Waals surface area contributed by atoms with Crippen molar-refractivity contribution in [2.75, 3.05) is 0 Å². The zero-order chi connectivity index (χ0) is 21.3. The van der Waals surface area contributed by atoms with Gasteiger partial charge in [-0.15, -0.1) is 0 Å². The summed E-state index contributed by atoms with van der Waals surface area (Å²) in [6.07, 6.45) is 4.79. The maximum absolute atomic E-state index is 13.6. The predicted molar refractivity (Wildman–Crippen MR) is 119 cm³/mol. The molecule has 0 radical (unpaired) electrons. The molecule has 4 rings (SSSR count). The van der Waals surface area contributed by atoms with Crippen molar-refractivity contribution in [1.29, 1.82) is 0 Å². The smallest absolute Gasteiger partial charge is 0.255 e. The quantitative estimate of drug-likeness (QED) is 0.751. The number of halogens is 1. The summed E-state index contributed by atoms with van der Waals surface area (Å²) in [7, 11) is 0. The molecule has 158 valence electrons. The van der Waals surface area contributed by atoms with Gasteiger partial charge in [-0.1, -0.05) is 48.9 Å². The first kappa shape index (κ1) is 20.9. The normalized spacial score (nSPS) is 26.2. The molecule has 0 aromatic heterocycles. The molecule has 5 heteroatoms. The van der Waals surface area contributed by atoms with E-state index in [1.165, 1.54) is 0 Å². The van der Waals surface area contributed by atoms with Crippen molar-refractivity contribution in [3.63, 3.8) is 0 Å². The number of hydrogen-bond donors (Lipinski definition) is 1. The summed E-state index contributed by atoms with van der Waals surface area (Å²) in [6, 6.07) is 15.3. The van der Waals surface area contributed by atoms with E-state index in [4.69, 9.17) is 11.6 Å². The Balaban J connectivity index is 1.63. The van der Waals surface area contributed by atoms with Gasteiger partial charge in [-0.05, 0) is 67.9 Å². The average Bonchev–Trinajstić information content (AvgIpc) is 2.74. The SMILES string of the molecule is CC1CCC(NC(=O)[C@@]2(C)Cc3ccccc3C(=O)N2Cc2ccc(Cl)cc2)CC1. The third-order valence-corrected chi connectivity index (χ3v) is 6.97. The highest BCUT2D eigenvalue weighted by Crippen LogP contribution is 2.34. The van der Waals surface area contributed by atoms with Crippen LogP contribution in [0.5, 0.6) is 0 Å². The van der Waals surface area contributed by atoms with Crippen LogP contribution in [0.4, 0.5) is 0 Å². The van der Waals surface area contributed by atoms with E-state index in [2.05, 4.69) is 12.2 Å². The van der Waals surface area contributed by atoms with Gasteiger partial charge in [0.05, 0.1) is 0 Å². The molecule has 1 aliphatic carbocycles.